The van der Waals surface area contributed by atoms with Crippen LogP contribution in [0.5, 0.6) is 0 Å². The SMILES string of the molecule is O=C(NCC1CCCO1)NC(CO)c1ccco1. The molecule has 0 radical (unpaired) electrons. The summed E-state index contributed by atoms with van der Waals surface area (Å²) in [5.41, 5.74) is 0. The number of carbonyl (C=O) groups is 1. The van der Waals surface area contributed by atoms with Gasteiger partial charge in [0.05, 0.1) is 19.0 Å². The smallest absolute Gasteiger partial charge is 0.315 e. The highest BCUT2D eigenvalue weighted by Gasteiger charge is 2.19. The fraction of sp³-hybridized carbons (Fsp3) is 0.583. The van der Waals surface area contributed by atoms with Crippen LogP contribution in [-0.4, -0.2) is 37.0 Å². The first-order valence-corrected chi connectivity index (χ1v) is 6.10. The lowest BCUT2D eigenvalue weighted by Crippen LogP contribution is -2.42. The molecule has 1 aliphatic rings. The molecule has 2 rings (SSSR count). The third-order valence-electron chi connectivity index (χ3n) is 2.89. The third kappa shape index (κ3) is 3.48. The number of ether oxygens (including phenoxy) is 1. The Bertz CT molecular complexity index is 360. The van der Waals surface area contributed by atoms with E-state index in [-0.39, 0.29) is 18.7 Å². The maximum absolute atomic E-state index is 11.6. The Morgan fingerprint density at radius 1 is 1.61 bits per heavy atom. The number of hydrogen-bond acceptors (Lipinski definition) is 4. The number of carbonyl (C=O) groups excluding carboxylic acids is 1. The van der Waals surface area contributed by atoms with E-state index in [2.05, 4.69) is 10.6 Å². The molecule has 6 heteroatoms. The van der Waals surface area contributed by atoms with Crippen molar-refractivity contribution in [3.8, 4) is 0 Å². The van der Waals surface area contributed by atoms with Gasteiger partial charge in [0.15, 0.2) is 0 Å². The van der Waals surface area contributed by atoms with E-state index in [1.54, 1.807) is 12.1 Å². The quantitative estimate of drug-likeness (QED) is 0.725. The zero-order chi connectivity index (χ0) is 12.8. The van der Waals surface area contributed by atoms with E-state index in [4.69, 9.17) is 9.15 Å². The van der Waals surface area contributed by atoms with Crippen molar-refractivity contribution in [3.63, 3.8) is 0 Å². The van der Waals surface area contributed by atoms with Gasteiger partial charge in [-0.25, -0.2) is 4.79 Å². The van der Waals surface area contributed by atoms with Gasteiger partial charge in [0, 0.05) is 13.2 Å². The van der Waals surface area contributed by atoms with Crippen LogP contribution in [0.1, 0.15) is 24.6 Å². The first-order valence-electron chi connectivity index (χ1n) is 6.10. The molecule has 2 atom stereocenters. The van der Waals surface area contributed by atoms with Crippen LogP contribution >= 0.6 is 0 Å². The number of nitrogens with one attached hydrogen (secondary N) is 2. The van der Waals surface area contributed by atoms with Gasteiger partial charge in [-0.05, 0) is 25.0 Å². The van der Waals surface area contributed by atoms with Gasteiger partial charge in [-0.1, -0.05) is 0 Å². The fourth-order valence-corrected chi connectivity index (χ4v) is 1.92. The first-order chi connectivity index (χ1) is 8.79. The van der Waals surface area contributed by atoms with Crippen LogP contribution in [0.25, 0.3) is 0 Å². The highest BCUT2D eigenvalue weighted by molar-refractivity contribution is 5.74. The van der Waals surface area contributed by atoms with E-state index >= 15 is 0 Å². The summed E-state index contributed by atoms with van der Waals surface area (Å²) in [6.45, 7) is 1.04. The summed E-state index contributed by atoms with van der Waals surface area (Å²) in [5.74, 6) is 0.532. The second kappa shape index (κ2) is 6.42. The third-order valence-corrected chi connectivity index (χ3v) is 2.89. The zero-order valence-corrected chi connectivity index (χ0v) is 10.1. The number of urea groups is 1. The van der Waals surface area contributed by atoms with Crippen LogP contribution in [0.15, 0.2) is 22.8 Å². The van der Waals surface area contributed by atoms with Crippen molar-refractivity contribution in [3.05, 3.63) is 24.2 Å². The second-order valence-corrected chi connectivity index (χ2v) is 4.24. The Kier molecular flexibility index (Phi) is 4.60. The number of aliphatic hydroxyl groups is 1. The van der Waals surface area contributed by atoms with Gasteiger partial charge in [0.2, 0.25) is 0 Å². The summed E-state index contributed by atoms with van der Waals surface area (Å²) in [5, 5.41) is 14.6. The molecule has 0 spiro atoms. The molecular formula is C12H18N2O4. The van der Waals surface area contributed by atoms with Crippen LogP contribution in [0.4, 0.5) is 4.79 Å². The zero-order valence-electron chi connectivity index (χ0n) is 10.1. The van der Waals surface area contributed by atoms with Gasteiger partial charge in [0.1, 0.15) is 11.8 Å². The summed E-state index contributed by atoms with van der Waals surface area (Å²) < 4.78 is 10.5. The number of hydrogen-bond donors (Lipinski definition) is 3. The maximum Gasteiger partial charge on any atom is 0.315 e. The molecule has 1 aliphatic heterocycles. The molecule has 0 aliphatic carbocycles. The van der Waals surface area contributed by atoms with Gasteiger partial charge in [-0.3, -0.25) is 0 Å². The van der Waals surface area contributed by atoms with E-state index in [1.165, 1.54) is 6.26 Å². The Balaban J connectivity index is 1.75. The molecule has 3 N–H and O–H groups in total. The summed E-state index contributed by atoms with van der Waals surface area (Å²) >= 11 is 0. The molecule has 1 fully saturated rings. The van der Waals surface area contributed by atoms with Crippen molar-refractivity contribution >= 4 is 6.03 Å². The van der Waals surface area contributed by atoms with E-state index in [0.29, 0.717) is 12.3 Å². The Morgan fingerprint density at radius 2 is 2.50 bits per heavy atom. The predicted octanol–water partition coefficient (Wildman–Crippen LogP) is 0.791. The molecule has 2 heterocycles. The number of rotatable bonds is 5. The molecule has 0 saturated carbocycles. The molecule has 18 heavy (non-hydrogen) atoms. The minimum absolute atomic E-state index is 0.104. The van der Waals surface area contributed by atoms with Crippen molar-refractivity contribution in [2.75, 3.05) is 19.8 Å². The highest BCUT2D eigenvalue weighted by atomic mass is 16.5. The van der Waals surface area contributed by atoms with Gasteiger partial charge >= 0.3 is 6.03 Å². The lowest BCUT2D eigenvalue weighted by Gasteiger charge is -2.16. The van der Waals surface area contributed by atoms with E-state index in [1.807, 2.05) is 0 Å². The minimum atomic E-state index is -0.524. The van der Waals surface area contributed by atoms with Crippen molar-refractivity contribution in [1.82, 2.24) is 10.6 Å². The second-order valence-electron chi connectivity index (χ2n) is 4.24. The summed E-state index contributed by atoms with van der Waals surface area (Å²) in [6, 6.07) is 2.57. The summed E-state index contributed by atoms with van der Waals surface area (Å²) in [6.07, 6.45) is 3.62. The minimum Gasteiger partial charge on any atom is -0.467 e. The molecule has 6 nitrogen and oxygen atoms in total. The fourth-order valence-electron chi connectivity index (χ4n) is 1.92. The lowest BCUT2D eigenvalue weighted by molar-refractivity contribution is 0.111. The largest absolute Gasteiger partial charge is 0.467 e. The normalized spacial score (nSPS) is 20.6. The molecule has 100 valence electrons. The molecule has 1 aromatic rings. The molecule has 1 saturated heterocycles. The molecular weight excluding hydrogens is 236 g/mol. The predicted molar refractivity (Wildman–Crippen MR) is 64.0 cm³/mol. The standard InChI is InChI=1S/C12H18N2O4/c15-8-10(11-4-2-6-18-11)14-12(16)13-7-9-3-1-5-17-9/h2,4,6,9-10,15H,1,3,5,7-8H2,(H2,13,14,16). The van der Waals surface area contributed by atoms with E-state index < -0.39 is 6.04 Å². The Morgan fingerprint density at radius 3 is 3.11 bits per heavy atom. The molecule has 2 amide bonds. The lowest BCUT2D eigenvalue weighted by atomic mass is 10.2. The van der Waals surface area contributed by atoms with Crippen molar-refractivity contribution in [1.29, 1.82) is 0 Å². The molecule has 1 aromatic heterocycles. The van der Waals surface area contributed by atoms with Gasteiger partial charge in [0.25, 0.3) is 0 Å². The van der Waals surface area contributed by atoms with Crippen molar-refractivity contribution in [2.24, 2.45) is 0 Å². The van der Waals surface area contributed by atoms with Gasteiger partial charge in [-0.2, -0.15) is 0 Å². The van der Waals surface area contributed by atoms with Crippen LogP contribution in [0, 0.1) is 0 Å². The first kappa shape index (κ1) is 12.9. The average Bonchev–Trinajstić information content (AvgIpc) is 3.05. The van der Waals surface area contributed by atoms with Crippen molar-refractivity contribution < 1.29 is 19.1 Å². The molecule has 0 aromatic carbocycles. The highest BCUT2D eigenvalue weighted by Crippen LogP contribution is 2.13. The summed E-state index contributed by atoms with van der Waals surface area (Å²) in [7, 11) is 0. The number of aliphatic hydroxyl groups excluding tert-OH is 1. The monoisotopic (exact) mass is 254 g/mol. The maximum atomic E-state index is 11.6. The van der Waals surface area contributed by atoms with Gasteiger partial charge in [-0.15, -0.1) is 0 Å². The Labute approximate surface area is 105 Å². The average molecular weight is 254 g/mol. The van der Waals surface area contributed by atoms with E-state index in [9.17, 15) is 9.90 Å². The van der Waals surface area contributed by atoms with Crippen LogP contribution in [0.2, 0.25) is 0 Å². The van der Waals surface area contributed by atoms with E-state index in [0.717, 1.165) is 19.4 Å². The van der Waals surface area contributed by atoms with Crippen LogP contribution < -0.4 is 10.6 Å². The molecule has 2 unspecified atom stereocenters. The molecule has 0 bridgehead atoms. The number of furan rings is 1. The topological polar surface area (TPSA) is 83.7 Å². The van der Waals surface area contributed by atoms with Crippen LogP contribution in [-0.2, 0) is 4.74 Å². The number of amides is 2. The van der Waals surface area contributed by atoms with Crippen molar-refractivity contribution in [2.45, 2.75) is 25.0 Å². The van der Waals surface area contributed by atoms with Crippen LogP contribution in [0.3, 0.4) is 0 Å². The summed E-state index contributed by atoms with van der Waals surface area (Å²) in [4.78, 5) is 11.6. The Hall–Kier alpha value is -1.53. The van der Waals surface area contributed by atoms with Gasteiger partial charge < -0.3 is 24.9 Å².